The van der Waals surface area contributed by atoms with Crippen molar-refractivity contribution in [2.45, 2.75) is 32.5 Å². The molecule has 9 heteroatoms. The molecule has 0 atom stereocenters. The number of anilines is 1. The number of nitrogens with zero attached hydrogens (tertiary/aromatic N) is 3. The van der Waals surface area contributed by atoms with E-state index >= 15 is 0 Å². The average molecular weight is 463 g/mol. The SMILES string of the molecule is COc1cc(Cl)c(C)cc1NC(=O)CSc1nnc(-c2ccccc2F)n1CC(C)C. The van der Waals surface area contributed by atoms with E-state index in [1.807, 2.05) is 11.5 Å². The molecule has 1 amide bonds. The van der Waals surface area contributed by atoms with Crippen LogP contribution in [-0.2, 0) is 11.3 Å². The molecule has 0 spiro atoms. The van der Waals surface area contributed by atoms with Crippen LogP contribution in [0.5, 0.6) is 5.75 Å². The number of aromatic nitrogens is 3. The van der Waals surface area contributed by atoms with Crippen LogP contribution in [-0.4, -0.2) is 33.5 Å². The topological polar surface area (TPSA) is 69.0 Å². The highest BCUT2D eigenvalue weighted by molar-refractivity contribution is 7.99. The third-order valence-electron chi connectivity index (χ3n) is 4.47. The molecule has 1 aromatic heterocycles. The van der Waals surface area contributed by atoms with Gasteiger partial charge in [0.05, 0.1) is 24.1 Å². The summed E-state index contributed by atoms with van der Waals surface area (Å²) in [6, 6.07) is 9.89. The maximum Gasteiger partial charge on any atom is 0.234 e. The predicted molar refractivity (Wildman–Crippen MR) is 122 cm³/mol. The van der Waals surface area contributed by atoms with Gasteiger partial charge >= 0.3 is 0 Å². The van der Waals surface area contributed by atoms with Gasteiger partial charge in [-0.1, -0.05) is 49.3 Å². The molecule has 0 fully saturated rings. The number of aryl methyl sites for hydroxylation is 1. The molecule has 0 saturated heterocycles. The van der Waals surface area contributed by atoms with Crippen LogP contribution in [0.3, 0.4) is 0 Å². The molecule has 0 saturated carbocycles. The lowest BCUT2D eigenvalue weighted by atomic mass is 10.2. The fourth-order valence-corrected chi connectivity index (χ4v) is 3.91. The van der Waals surface area contributed by atoms with Crippen LogP contribution >= 0.6 is 23.4 Å². The molecule has 0 aliphatic rings. The molecule has 3 aromatic rings. The first-order valence-electron chi connectivity index (χ1n) is 9.75. The quantitative estimate of drug-likeness (QED) is 0.451. The first-order chi connectivity index (χ1) is 14.8. The van der Waals surface area contributed by atoms with Gasteiger partial charge in [-0.3, -0.25) is 4.79 Å². The average Bonchev–Trinajstić information content (AvgIpc) is 3.11. The third-order valence-corrected chi connectivity index (χ3v) is 5.84. The van der Waals surface area contributed by atoms with Crippen LogP contribution in [0.2, 0.25) is 5.02 Å². The maximum atomic E-state index is 14.3. The van der Waals surface area contributed by atoms with Crippen LogP contribution in [0.25, 0.3) is 11.4 Å². The van der Waals surface area contributed by atoms with Crippen LogP contribution < -0.4 is 10.1 Å². The molecular weight excluding hydrogens is 439 g/mol. The zero-order valence-corrected chi connectivity index (χ0v) is 19.4. The van der Waals surface area contributed by atoms with E-state index in [0.29, 0.717) is 39.5 Å². The van der Waals surface area contributed by atoms with Crippen molar-refractivity contribution >= 4 is 35.0 Å². The molecule has 164 valence electrons. The monoisotopic (exact) mass is 462 g/mol. The number of carbonyl (C=O) groups excluding carboxylic acids is 1. The summed E-state index contributed by atoms with van der Waals surface area (Å²) in [5.74, 6) is 0.744. The minimum atomic E-state index is -0.362. The summed E-state index contributed by atoms with van der Waals surface area (Å²) in [4.78, 5) is 12.6. The van der Waals surface area contributed by atoms with Crippen molar-refractivity contribution in [3.8, 4) is 17.1 Å². The maximum absolute atomic E-state index is 14.3. The van der Waals surface area contributed by atoms with Gasteiger partial charge < -0.3 is 14.6 Å². The zero-order chi connectivity index (χ0) is 22.5. The molecule has 1 heterocycles. The molecule has 31 heavy (non-hydrogen) atoms. The number of carbonyl (C=O) groups is 1. The van der Waals surface area contributed by atoms with Crippen LogP contribution in [0.1, 0.15) is 19.4 Å². The van der Waals surface area contributed by atoms with Crippen molar-refractivity contribution in [3.63, 3.8) is 0 Å². The Morgan fingerprint density at radius 2 is 2.03 bits per heavy atom. The molecule has 0 aliphatic heterocycles. The third kappa shape index (κ3) is 5.57. The number of hydrogen-bond acceptors (Lipinski definition) is 5. The molecular formula is C22H24ClFN4O2S. The van der Waals surface area contributed by atoms with E-state index in [0.717, 1.165) is 5.56 Å². The van der Waals surface area contributed by atoms with Gasteiger partial charge in [-0.2, -0.15) is 0 Å². The highest BCUT2D eigenvalue weighted by atomic mass is 35.5. The molecule has 0 radical (unpaired) electrons. The Labute approximate surface area is 190 Å². The minimum Gasteiger partial charge on any atom is -0.495 e. The van der Waals surface area contributed by atoms with Crippen molar-refractivity contribution in [2.75, 3.05) is 18.2 Å². The number of amides is 1. The van der Waals surface area contributed by atoms with E-state index in [4.69, 9.17) is 16.3 Å². The zero-order valence-electron chi connectivity index (χ0n) is 17.8. The number of nitrogens with one attached hydrogen (secondary N) is 1. The summed E-state index contributed by atoms with van der Waals surface area (Å²) in [5, 5.41) is 12.4. The lowest BCUT2D eigenvalue weighted by molar-refractivity contribution is -0.113. The number of thioether (sulfide) groups is 1. The Morgan fingerprint density at radius 3 is 2.71 bits per heavy atom. The van der Waals surface area contributed by atoms with Gasteiger partial charge in [0, 0.05) is 17.6 Å². The van der Waals surface area contributed by atoms with E-state index in [1.54, 1.807) is 30.3 Å². The summed E-state index contributed by atoms with van der Waals surface area (Å²) < 4.78 is 21.5. The normalized spacial score (nSPS) is 11.1. The van der Waals surface area contributed by atoms with Crippen LogP contribution in [0.15, 0.2) is 41.6 Å². The van der Waals surface area contributed by atoms with E-state index in [2.05, 4.69) is 29.4 Å². The summed E-state index contributed by atoms with van der Waals surface area (Å²) >= 11 is 7.37. The summed E-state index contributed by atoms with van der Waals surface area (Å²) in [5.41, 5.74) is 1.76. The molecule has 0 unspecified atom stereocenters. The number of halogens is 2. The number of benzene rings is 2. The highest BCUT2D eigenvalue weighted by Crippen LogP contribution is 2.31. The number of hydrogen-bond donors (Lipinski definition) is 1. The number of rotatable bonds is 8. The highest BCUT2D eigenvalue weighted by Gasteiger charge is 2.19. The first-order valence-corrected chi connectivity index (χ1v) is 11.1. The van der Waals surface area contributed by atoms with Gasteiger partial charge in [0.1, 0.15) is 11.6 Å². The van der Waals surface area contributed by atoms with Crippen molar-refractivity contribution in [2.24, 2.45) is 5.92 Å². The predicted octanol–water partition coefficient (Wildman–Crippen LogP) is 5.44. The molecule has 6 nitrogen and oxygen atoms in total. The van der Waals surface area contributed by atoms with Gasteiger partial charge in [0.25, 0.3) is 0 Å². The minimum absolute atomic E-state index is 0.109. The van der Waals surface area contributed by atoms with E-state index in [-0.39, 0.29) is 23.4 Å². The fourth-order valence-electron chi connectivity index (χ4n) is 3.01. The van der Waals surface area contributed by atoms with Gasteiger partial charge in [-0.05, 0) is 36.6 Å². The molecule has 0 aliphatic carbocycles. The van der Waals surface area contributed by atoms with Gasteiger partial charge in [0.2, 0.25) is 5.91 Å². The van der Waals surface area contributed by atoms with Gasteiger partial charge in [-0.25, -0.2) is 4.39 Å². The number of methoxy groups -OCH3 is 1. The van der Waals surface area contributed by atoms with E-state index in [9.17, 15) is 9.18 Å². The summed E-state index contributed by atoms with van der Waals surface area (Å²) in [6.07, 6.45) is 0. The van der Waals surface area contributed by atoms with Crippen molar-refractivity contribution in [1.82, 2.24) is 14.8 Å². The Bertz CT molecular complexity index is 1090. The lowest BCUT2D eigenvalue weighted by Gasteiger charge is -2.14. The Balaban J connectivity index is 1.78. The second-order valence-corrected chi connectivity index (χ2v) is 8.78. The first kappa shape index (κ1) is 23.1. The van der Waals surface area contributed by atoms with Crippen LogP contribution in [0.4, 0.5) is 10.1 Å². The number of ether oxygens (including phenoxy) is 1. The molecule has 0 bridgehead atoms. The standard InChI is InChI=1S/C22H24ClFN4O2S/c1-13(2)11-28-21(15-7-5-6-8-17(15)24)26-27-22(28)31-12-20(29)25-18-9-14(3)16(23)10-19(18)30-4/h5-10,13H,11-12H2,1-4H3,(H,25,29). The molecule has 3 rings (SSSR count). The van der Waals surface area contributed by atoms with Crippen molar-refractivity contribution < 1.29 is 13.9 Å². The van der Waals surface area contributed by atoms with Crippen molar-refractivity contribution in [1.29, 1.82) is 0 Å². The van der Waals surface area contributed by atoms with Crippen molar-refractivity contribution in [3.05, 3.63) is 52.8 Å². The van der Waals surface area contributed by atoms with E-state index < -0.39 is 0 Å². The summed E-state index contributed by atoms with van der Waals surface area (Å²) in [7, 11) is 1.52. The second-order valence-electron chi connectivity index (χ2n) is 7.43. The van der Waals surface area contributed by atoms with Gasteiger partial charge in [0.15, 0.2) is 11.0 Å². The van der Waals surface area contributed by atoms with Gasteiger partial charge in [-0.15, -0.1) is 10.2 Å². The second kappa shape index (κ2) is 10.2. The summed E-state index contributed by atoms with van der Waals surface area (Å²) in [6.45, 7) is 6.57. The Kier molecular flexibility index (Phi) is 7.56. The largest absolute Gasteiger partial charge is 0.495 e. The van der Waals surface area contributed by atoms with E-state index in [1.165, 1.54) is 24.9 Å². The Morgan fingerprint density at radius 1 is 1.29 bits per heavy atom. The fraction of sp³-hybridized carbons (Fsp3) is 0.318. The smallest absolute Gasteiger partial charge is 0.234 e. The molecule has 1 N–H and O–H groups in total. The lowest BCUT2D eigenvalue weighted by Crippen LogP contribution is -2.16. The Hall–Kier alpha value is -2.58. The molecule has 2 aromatic carbocycles. The van der Waals surface area contributed by atoms with Crippen LogP contribution in [0, 0.1) is 18.7 Å².